The summed E-state index contributed by atoms with van der Waals surface area (Å²) in [5.74, 6) is 0. The van der Waals surface area contributed by atoms with Gasteiger partial charge in [0.2, 0.25) is 0 Å². The first-order valence-corrected chi connectivity index (χ1v) is 8.22. The maximum atomic E-state index is 5.96. The summed E-state index contributed by atoms with van der Waals surface area (Å²) in [7, 11) is 1.67. The Morgan fingerprint density at radius 3 is 2.38 bits per heavy atom. The Labute approximate surface area is 141 Å². The summed E-state index contributed by atoms with van der Waals surface area (Å²) in [4.78, 5) is 0. The van der Waals surface area contributed by atoms with E-state index in [9.17, 15) is 0 Å². The van der Waals surface area contributed by atoms with Gasteiger partial charge in [-0.25, -0.2) is 0 Å². The molecule has 1 aromatic heterocycles. The van der Waals surface area contributed by atoms with Crippen LogP contribution < -0.4 is 5.73 Å². The number of hydrogen-bond acceptors (Lipinski definition) is 4. The molecule has 0 aliphatic rings. The predicted octanol–water partition coefficient (Wildman–Crippen LogP) is 3.06. The zero-order valence-corrected chi connectivity index (χ0v) is 14.0. The van der Waals surface area contributed by atoms with Crippen molar-refractivity contribution < 1.29 is 14.2 Å². The lowest BCUT2D eigenvalue weighted by molar-refractivity contribution is 0.0234. The van der Waals surface area contributed by atoms with E-state index in [1.165, 1.54) is 21.8 Å². The second-order valence-corrected chi connectivity index (χ2v) is 5.66. The van der Waals surface area contributed by atoms with Crippen LogP contribution in [0.15, 0.2) is 42.5 Å². The molecule has 0 aliphatic heterocycles. The molecule has 3 rings (SSSR count). The Morgan fingerprint density at radius 1 is 0.833 bits per heavy atom. The van der Waals surface area contributed by atoms with Crippen LogP contribution in [-0.2, 0) is 20.8 Å². The molecule has 0 aliphatic carbocycles. The van der Waals surface area contributed by atoms with Crippen LogP contribution in [0.3, 0.4) is 0 Å². The van der Waals surface area contributed by atoms with E-state index < -0.39 is 0 Å². The Hall–Kier alpha value is -2.08. The standard InChI is InChI=1S/C19H24N2O3/c1-22-10-11-24-13-12-23-9-8-21-18-5-3-2-4-16(18)17-14-15(20)6-7-19(17)21/h2-7,14H,8-13,20H2,1H3. The van der Waals surface area contributed by atoms with Crippen LogP contribution >= 0.6 is 0 Å². The summed E-state index contributed by atoms with van der Waals surface area (Å²) in [5.41, 5.74) is 9.14. The number of aromatic nitrogens is 1. The maximum Gasteiger partial charge on any atom is 0.0701 e. The summed E-state index contributed by atoms with van der Waals surface area (Å²) in [5, 5.41) is 2.41. The van der Waals surface area contributed by atoms with Gasteiger partial charge in [-0.2, -0.15) is 0 Å². The van der Waals surface area contributed by atoms with E-state index in [4.69, 9.17) is 19.9 Å². The first-order valence-electron chi connectivity index (χ1n) is 8.22. The molecule has 1 heterocycles. The first-order chi connectivity index (χ1) is 11.8. The van der Waals surface area contributed by atoms with Crippen LogP contribution in [0.25, 0.3) is 21.8 Å². The quantitative estimate of drug-likeness (QED) is 0.484. The highest BCUT2D eigenvalue weighted by molar-refractivity contribution is 6.08. The third-order valence-corrected chi connectivity index (χ3v) is 4.06. The number of nitrogens with two attached hydrogens (primary N) is 1. The van der Waals surface area contributed by atoms with Crippen LogP contribution in [-0.4, -0.2) is 44.7 Å². The van der Waals surface area contributed by atoms with Gasteiger partial charge in [0.1, 0.15) is 0 Å². The van der Waals surface area contributed by atoms with Crippen molar-refractivity contribution in [1.29, 1.82) is 0 Å². The van der Waals surface area contributed by atoms with Crippen molar-refractivity contribution in [1.82, 2.24) is 4.57 Å². The van der Waals surface area contributed by atoms with E-state index in [0.717, 1.165) is 12.2 Å². The van der Waals surface area contributed by atoms with Gasteiger partial charge in [-0.1, -0.05) is 18.2 Å². The second kappa shape index (κ2) is 8.15. The van der Waals surface area contributed by atoms with Gasteiger partial charge >= 0.3 is 0 Å². The van der Waals surface area contributed by atoms with E-state index >= 15 is 0 Å². The van der Waals surface area contributed by atoms with Gasteiger partial charge in [0.15, 0.2) is 0 Å². The Bertz CT molecular complexity index is 798. The number of rotatable bonds is 9. The summed E-state index contributed by atoms with van der Waals surface area (Å²) < 4.78 is 18.3. The van der Waals surface area contributed by atoms with Gasteiger partial charge in [0.05, 0.1) is 33.0 Å². The normalized spacial score (nSPS) is 11.5. The second-order valence-electron chi connectivity index (χ2n) is 5.66. The molecule has 0 amide bonds. The molecular weight excluding hydrogens is 304 g/mol. The predicted molar refractivity (Wildman–Crippen MR) is 97.4 cm³/mol. The molecular formula is C19H24N2O3. The van der Waals surface area contributed by atoms with Crippen LogP contribution in [0, 0.1) is 0 Å². The van der Waals surface area contributed by atoms with Gasteiger partial charge < -0.3 is 24.5 Å². The Kier molecular flexibility index (Phi) is 5.69. The van der Waals surface area contributed by atoms with Gasteiger partial charge in [0, 0.05) is 41.1 Å². The van der Waals surface area contributed by atoms with Crippen molar-refractivity contribution in [3.05, 3.63) is 42.5 Å². The number of methoxy groups -OCH3 is 1. The zero-order valence-electron chi connectivity index (χ0n) is 14.0. The van der Waals surface area contributed by atoms with E-state index in [1.54, 1.807) is 7.11 Å². The highest BCUT2D eigenvalue weighted by atomic mass is 16.5. The van der Waals surface area contributed by atoms with Crippen molar-refractivity contribution in [2.24, 2.45) is 0 Å². The molecule has 0 fully saturated rings. The first kappa shape index (κ1) is 16.8. The molecule has 2 aromatic carbocycles. The Balaban J connectivity index is 1.65. The molecule has 0 spiro atoms. The lowest BCUT2D eigenvalue weighted by Gasteiger charge is -2.09. The van der Waals surface area contributed by atoms with Crippen LogP contribution in [0.2, 0.25) is 0 Å². The fraction of sp³-hybridized carbons (Fsp3) is 0.368. The molecule has 0 radical (unpaired) electrons. The summed E-state index contributed by atoms with van der Waals surface area (Å²) >= 11 is 0. The van der Waals surface area contributed by atoms with Crippen molar-refractivity contribution in [2.45, 2.75) is 6.54 Å². The van der Waals surface area contributed by atoms with Crippen molar-refractivity contribution >= 4 is 27.5 Å². The average molecular weight is 328 g/mol. The molecule has 5 nitrogen and oxygen atoms in total. The molecule has 0 unspecified atom stereocenters. The van der Waals surface area contributed by atoms with Crippen molar-refractivity contribution in [2.75, 3.05) is 45.9 Å². The molecule has 24 heavy (non-hydrogen) atoms. The number of nitrogens with zero attached hydrogens (tertiary/aromatic N) is 1. The van der Waals surface area contributed by atoms with E-state index in [0.29, 0.717) is 33.0 Å². The minimum Gasteiger partial charge on any atom is -0.399 e. The molecule has 0 bridgehead atoms. The third-order valence-electron chi connectivity index (χ3n) is 4.06. The van der Waals surface area contributed by atoms with Crippen molar-refractivity contribution in [3.63, 3.8) is 0 Å². The number of nitrogen functional groups attached to an aromatic ring is 1. The van der Waals surface area contributed by atoms with Crippen molar-refractivity contribution in [3.8, 4) is 0 Å². The van der Waals surface area contributed by atoms with Gasteiger partial charge in [-0.3, -0.25) is 0 Å². The van der Waals surface area contributed by atoms with Gasteiger partial charge in [-0.15, -0.1) is 0 Å². The molecule has 5 heteroatoms. The minimum absolute atomic E-state index is 0.590. The number of benzene rings is 2. The molecule has 3 aromatic rings. The average Bonchev–Trinajstić information content (AvgIpc) is 2.91. The molecule has 2 N–H and O–H groups in total. The summed E-state index contributed by atoms with van der Waals surface area (Å²) in [6, 6.07) is 14.5. The van der Waals surface area contributed by atoms with Crippen LogP contribution in [0.5, 0.6) is 0 Å². The molecule has 0 atom stereocenters. The van der Waals surface area contributed by atoms with E-state index in [-0.39, 0.29) is 0 Å². The summed E-state index contributed by atoms with van der Waals surface area (Å²) in [6.07, 6.45) is 0. The maximum absolute atomic E-state index is 5.96. The zero-order chi connectivity index (χ0) is 16.8. The lowest BCUT2D eigenvalue weighted by Crippen LogP contribution is -2.11. The topological polar surface area (TPSA) is 58.6 Å². The highest BCUT2D eigenvalue weighted by Crippen LogP contribution is 2.30. The SMILES string of the molecule is COCCOCCOCCn1c2ccccc2c2cc(N)ccc21. The number of fused-ring (bicyclic) bond motifs is 3. The number of para-hydroxylation sites is 1. The van der Waals surface area contributed by atoms with Gasteiger partial charge in [0.25, 0.3) is 0 Å². The molecule has 0 saturated carbocycles. The number of anilines is 1. The fourth-order valence-electron chi connectivity index (χ4n) is 2.93. The molecule has 0 saturated heterocycles. The number of ether oxygens (including phenoxy) is 3. The smallest absolute Gasteiger partial charge is 0.0701 e. The highest BCUT2D eigenvalue weighted by Gasteiger charge is 2.10. The van der Waals surface area contributed by atoms with Gasteiger partial charge in [-0.05, 0) is 24.3 Å². The number of hydrogen-bond donors (Lipinski definition) is 1. The van der Waals surface area contributed by atoms with Crippen LogP contribution in [0.4, 0.5) is 5.69 Å². The fourth-order valence-corrected chi connectivity index (χ4v) is 2.93. The van der Waals surface area contributed by atoms with E-state index in [2.05, 4.69) is 34.9 Å². The van der Waals surface area contributed by atoms with Crippen LogP contribution in [0.1, 0.15) is 0 Å². The van der Waals surface area contributed by atoms with E-state index in [1.807, 2.05) is 12.1 Å². The molecule has 128 valence electrons. The summed E-state index contributed by atoms with van der Waals surface area (Å²) in [6.45, 7) is 3.84. The Morgan fingerprint density at radius 2 is 1.54 bits per heavy atom. The third kappa shape index (κ3) is 3.70. The minimum atomic E-state index is 0.590. The largest absolute Gasteiger partial charge is 0.399 e. The monoisotopic (exact) mass is 328 g/mol. The lowest BCUT2D eigenvalue weighted by atomic mass is 10.1.